The standard InChI is InChI=1S/C13H17NO2/c1-7-5-9-10(15)6-13(3,4)16-12(9)11(14)8(7)2/h5H,6,14H2,1-4H3. The van der Waals surface area contributed by atoms with Crippen molar-refractivity contribution in [1.29, 1.82) is 0 Å². The van der Waals surface area contributed by atoms with Gasteiger partial charge in [-0.2, -0.15) is 0 Å². The molecule has 0 radical (unpaired) electrons. The number of hydrogen-bond acceptors (Lipinski definition) is 3. The van der Waals surface area contributed by atoms with E-state index >= 15 is 0 Å². The molecule has 1 aliphatic rings. The fraction of sp³-hybridized carbons (Fsp3) is 0.462. The number of carbonyl (C=O) groups excluding carboxylic acids is 1. The summed E-state index contributed by atoms with van der Waals surface area (Å²) in [4.78, 5) is 12.0. The van der Waals surface area contributed by atoms with Crippen LogP contribution in [0, 0.1) is 13.8 Å². The van der Waals surface area contributed by atoms with Crippen LogP contribution >= 0.6 is 0 Å². The van der Waals surface area contributed by atoms with Crippen molar-refractivity contribution >= 4 is 11.5 Å². The number of rotatable bonds is 0. The van der Waals surface area contributed by atoms with Gasteiger partial charge >= 0.3 is 0 Å². The van der Waals surface area contributed by atoms with Gasteiger partial charge in [0.25, 0.3) is 0 Å². The molecule has 0 amide bonds. The van der Waals surface area contributed by atoms with Crippen LogP contribution in [-0.2, 0) is 0 Å². The van der Waals surface area contributed by atoms with Gasteiger partial charge < -0.3 is 10.5 Å². The molecule has 2 rings (SSSR count). The van der Waals surface area contributed by atoms with E-state index in [1.54, 1.807) is 0 Å². The smallest absolute Gasteiger partial charge is 0.170 e. The summed E-state index contributed by atoms with van der Waals surface area (Å²) in [5.74, 6) is 0.672. The van der Waals surface area contributed by atoms with Crippen LogP contribution in [0.4, 0.5) is 5.69 Å². The monoisotopic (exact) mass is 219 g/mol. The molecule has 0 bridgehead atoms. The molecular formula is C13H17NO2. The zero-order chi connectivity index (χ0) is 12.1. The summed E-state index contributed by atoms with van der Waals surface area (Å²) >= 11 is 0. The predicted molar refractivity (Wildman–Crippen MR) is 64.0 cm³/mol. The maximum Gasteiger partial charge on any atom is 0.170 e. The van der Waals surface area contributed by atoms with Gasteiger partial charge in [0.1, 0.15) is 5.60 Å². The van der Waals surface area contributed by atoms with E-state index < -0.39 is 5.60 Å². The second-order valence-corrected chi connectivity index (χ2v) is 5.07. The summed E-state index contributed by atoms with van der Waals surface area (Å²) < 4.78 is 5.81. The van der Waals surface area contributed by atoms with Gasteiger partial charge in [0.2, 0.25) is 0 Å². The minimum Gasteiger partial charge on any atom is -0.484 e. The molecule has 1 heterocycles. The average Bonchev–Trinajstić information content (AvgIpc) is 2.16. The number of anilines is 1. The molecule has 0 aliphatic carbocycles. The number of carbonyl (C=O) groups is 1. The van der Waals surface area contributed by atoms with Gasteiger partial charge in [-0.05, 0) is 44.9 Å². The van der Waals surface area contributed by atoms with Crippen molar-refractivity contribution in [3.8, 4) is 5.75 Å². The van der Waals surface area contributed by atoms with Gasteiger partial charge in [-0.25, -0.2) is 0 Å². The topological polar surface area (TPSA) is 52.3 Å². The fourth-order valence-electron chi connectivity index (χ4n) is 2.03. The molecule has 0 saturated heterocycles. The Morgan fingerprint density at radius 3 is 2.62 bits per heavy atom. The van der Waals surface area contributed by atoms with Crippen molar-refractivity contribution in [2.45, 2.75) is 39.7 Å². The Bertz CT molecular complexity index is 475. The lowest BCUT2D eigenvalue weighted by atomic mass is 9.90. The lowest BCUT2D eigenvalue weighted by Gasteiger charge is -2.33. The van der Waals surface area contributed by atoms with Crippen LogP contribution in [0.3, 0.4) is 0 Å². The first-order valence-electron chi connectivity index (χ1n) is 5.44. The number of fused-ring (bicyclic) bond motifs is 1. The molecule has 0 unspecified atom stereocenters. The van der Waals surface area contributed by atoms with Crippen LogP contribution in [0.5, 0.6) is 5.75 Å². The van der Waals surface area contributed by atoms with E-state index in [1.165, 1.54) is 0 Å². The number of ether oxygens (including phenoxy) is 1. The van der Waals surface area contributed by atoms with Crippen molar-refractivity contribution in [2.75, 3.05) is 5.73 Å². The van der Waals surface area contributed by atoms with Gasteiger partial charge in [0.05, 0.1) is 17.7 Å². The molecule has 0 saturated carbocycles. The molecule has 2 N–H and O–H groups in total. The Morgan fingerprint density at radius 2 is 2.00 bits per heavy atom. The van der Waals surface area contributed by atoms with Gasteiger partial charge in [0, 0.05) is 0 Å². The first kappa shape index (κ1) is 11.0. The third-order valence-electron chi connectivity index (χ3n) is 3.11. The largest absolute Gasteiger partial charge is 0.484 e. The number of ketones is 1. The van der Waals surface area contributed by atoms with Crippen LogP contribution in [0.15, 0.2) is 6.07 Å². The molecule has 1 aromatic rings. The average molecular weight is 219 g/mol. The summed E-state index contributed by atoms with van der Waals surface area (Å²) in [6.07, 6.45) is 0.405. The fourth-order valence-corrected chi connectivity index (χ4v) is 2.03. The van der Waals surface area contributed by atoms with E-state index in [4.69, 9.17) is 10.5 Å². The highest BCUT2D eigenvalue weighted by atomic mass is 16.5. The minimum atomic E-state index is -0.458. The van der Waals surface area contributed by atoms with E-state index in [2.05, 4.69) is 0 Å². The summed E-state index contributed by atoms with van der Waals surface area (Å²) in [5.41, 5.74) is 8.80. The first-order chi connectivity index (χ1) is 7.32. The SMILES string of the molecule is Cc1cc2c(c(N)c1C)OC(C)(C)CC2=O. The van der Waals surface area contributed by atoms with E-state index in [1.807, 2.05) is 33.8 Å². The Balaban J connectivity index is 2.67. The Kier molecular flexibility index (Phi) is 2.22. The number of benzene rings is 1. The number of aryl methyl sites for hydroxylation is 1. The number of Topliss-reactive ketones (excluding diaryl/α,β-unsaturated/α-hetero) is 1. The van der Waals surface area contributed by atoms with E-state index in [0.717, 1.165) is 11.1 Å². The highest BCUT2D eigenvalue weighted by Crippen LogP contribution is 2.40. The molecule has 0 spiro atoms. The zero-order valence-electron chi connectivity index (χ0n) is 10.2. The highest BCUT2D eigenvalue weighted by Gasteiger charge is 2.34. The van der Waals surface area contributed by atoms with Crippen molar-refractivity contribution in [1.82, 2.24) is 0 Å². The summed E-state index contributed by atoms with van der Waals surface area (Å²) in [7, 11) is 0. The predicted octanol–water partition coefficient (Wildman–Crippen LogP) is 2.63. The molecule has 86 valence electrons. The molecule has 0 aromatic heterocycles. The van der Waals surface area contributed by atoms with E-state index in [9.17, 15) is 4.79 Å². The van der Waals surface area contributed by atoms with Gasteiger partial charge in [-0.15, -0.1) is 0 Å². The Labute approximate surface area is 95.6 Å². The second kappa shape index (κ2) is 3.24. The lowest BCUT2D eigenvalue weighted by Crippen LogP contribution is -2.36. The first-order valence-corrected chi connectivity index (χ1v) is 5.44. The zero-order valence-corrected chi connectivity index (χ0v) is 10.2. The van der Waals surface area contributed by atoms with Crippen LogP contribution in [-0.4, -0.2) is 11.4 Å². The molecular weight excluding hydrogens is 202 g/mol. The maximum atomic E-state index is 12.0. The second-order valence-electron chi connectivity index (χ2n) is 5.07. The molecule has 1 aliphatic heterocycles. The molecule has 16 heavy (non-hydrogen) atoms. The maximum absolute atomic E-state index is 12.0. The summed E-state index contributed by atoms with van der Waals surface area (Å²) in [6, 6.07) is 1.87. The van der Waals surface area contributed by atoms with Crippen molar-refractivity contribution in [2.24, 2.45) is 0 Å². The van der Waals surface area contributed by atoms with Crippen molar-refractivity contribution in [3.05, 3.63) is 22.8 Å². The Morgan fingerprint density at radius 1 is 1.38 bits per heavy atom. The van der Waals surface area contributed by atoms with Crippen LogP contribution in [0.25, 0.3) is 0 Å². The van der Waals surface area contributed by atoms with Crippen LogP contribution < -0.4 is 10.5 Å². The third-order valence-corrected chi connectivity index (χ3v) is 3.11. The Hall–Kier alpha value is -1.51. The summed E-state index contributed by atoms with van der Waals surface area (Å²) in [6.45, 7) is 7.71. The highest BCUT2D eigenvalue weighted by molar-refractivity contribution is 6.02. The normalized spacial score (nSPS) is 17.9. The number of nitrogens with two attached hydrogens (primary N) is 1. The third kappa shape index (κ3) is 1.56. The van der Waals surface area contributed by atoms with Gasteiger partial charge in [0.15, 0.2) is 11.5 Å². The van der Waals surface area contributed by atoms with Crippen molar-refractivity contribution in [3.63, 3.8) is 0 Å². The van der Waals surface area contributed by atoms with Crippen LogP contribution in [0.2, 0.25) is 0 Å². The minimum absolute atomic E-state index is 0.112. The molecule has 3 heteroatoms. The quantitative estimate of drug-likeness (QED) is 0.682. The van der Waals surface area contributed by atoms with Gasteiger partial charge in [-0.1, -0.05) is 0 Å². The molecule has 0 fully saturated rings. The lowest BCUT2D eigenvalue weighted by molar-refractivity contribution is 0.0624. The van der Waals surface area contributed by atoms with Gasteiger partial charge in [-0.3, -0.25) is 4.79 Å². The van der Waals surface area contributed by atoms with Crippen molar-refractivity contribution < 1.29 is 9.53 Å². The summed E-state index contributed by atoms with van der Waals surface area (Å²) in [5, 5.41) is 0. The number of nitrogen functional groups attached to an aromatic ring is 1. The van der Waals surface area contributed by atoms with Crippen LogP contribution in [0.1, 0.15) is 41.8 Å². The molecule has 0 atom stereocenters. The van der Waals surface area contributed by atoms with E-state index in [0.29, 0.717) is 23.4 Å². The molecule has 3 nitrogen and oxygen atoms in total. The number of hydrogen-bond donors (Lipinski definition) is 1. The van der Waals surface area contributed by atoms with E-state index in [-0.39, 0.29) is 5.78 Å². The molecule has 1 aromatic carbocycles.